The highest BCUT2D eigenvalue weighted by atomic mass is 35.5. The summed E-state index contributed by atoms with van der Waals surface area (Å²) in [5.74, 6) is 0.00461. The van der Waals surface area contributed by atoms with Gasteiger partial charge in [-0.15, -0.1) is 0 Å². The van der Waals surface area contributed by atoms with Crippen LogP contribution in [0.5, 0.6) is 0 Å². The number of hydrogen-bond donors (Lipinski definition) is 2. The Hall–Kier alpha value is -1.65. The summed E-state index contributed by atoms with van der Waals surface area (Å²) in [5.41, 5.74) is 1.47. The Morgan fingerprint density at radius 1 is 1.42 bits per heavy atom. The highest BCUT2D eigenvalue weighted by molar-refractivity contribution is 6.35. The van der Waals surface area contributed by atoms with E-state index in [0.717, 1.165) is 30.5 Å². The number of nitrogens with one attached hydrogen (secondary N) is 2. The van der Waals surface area contributed by atoms with Gasteiger partial charge in [0.05, 0.1) is 22.3 Å². The number of pyridine rings is 1. The van der Waals surface area contributed by atoms with Crippen LogP contribution in [0.25, 0.3) is 10.9 Å². The summed E-state index contributed by atoms with van der Waals surface area (Å²) in [5, 5.41) is 7.59. The van der Waals surface area contributed by atoms with Crippen LogP contribution in [-0.4, -0.2) is 23.5 Å². The molecule has 1 aliphatic rings. The Balaban J connectivity index is 1.92. The van der Waals surface area contributed by atoms with Gasteiger partial charge in [0.2, 0.25) is 5.91 Å². The molecule has 2 N–H and O–H groups in total. The molecule has 1 atom stereocenters. The van der Waals surface area contributed by atoms with Crippen LogP contribution in [0.1, 0.15) is 12.8 Å². The molecule has 0 aliphatic carbocycles. The zero-order chi connectivity index (χ0) is 13.2. The van der Waals surface area contributed by atoms with Crippen LogP contribution in [0, 0.1) is 0 Å². The van der Waals surface area contributed by atoms with Crippen molar-refractivity contribution in [3.05, 3.63) is 35.5 Å². The second kappa shape index (κ2) is 5.15. The van der Waals surface area contributed by atoms with Crippen molar-refractivity contribution in [2.24, 2.45) is 0 Å². The number of aromatic nitrogens is 1. The second-order valence-electron chi connectivity index (χ2n) is 4.63. The van der Waals surface area contributed by atoms with Crippen molar-refractivity contribution in [3.8, 4) is 0 Å². The van der Waals surface area contributed by atoms with Crippen molar-refractivity contribution in [2.45, 2.75) is 18.9 Å². The Kier molecular flexibility index (Phi) is 3.36. The van der Waals surface area contributed by atoms with Crippen LogP contribution in [0.2, 0.25) is 5.02 Å². The fraction of sp³-hybridized carbons (Fsp3) is 0.286. The third-order valence-corrected chi connectivity index (χ3v) is 3.66. The van der Waals surface area contributed by atoms with Crippen LogP contribution < -0.4 is 10.6 Å². The summed E-state index contributed by atoms with van der Waals surface area (Å²) in [6.45, 7) is 0.904. The molecule has 1 unspecified atom stereocenters. The van der Waals surface area contributed by atoms with E-state index in [4.69, 9.17) is 11.6 Å². The standard InChI is InChI=1S/C14H14ClN3O/c15-10-5-6-11(9-3-1-8-17-13(9)10)18-14(19)12-4-2-7-16-12/h1,3,5-6,8,12,16H,2,4,7H2,(H,18,19). The Morgan fingerprint density at radius 2 is 2.32 bits per heavy atom. The van der Waals surface area contributed by atoms with Gasteiger partial charge in [0.25, 0.3) is 0 Å². The molecule has 1 amide bonds. The number of amides is 1. The molecular formula is C14H14ClN3O. The van der Waals surface area contributed by atoms with Crippen molar-refractivity contribution in [2.75, 3.05) is 11.9 Å². The van der Waals surface area contributed by atoms with Crippen molar-refractivity contribution in [1.29, 1.82) is 0 Å². The lowest BCUT2D eigenvalue weighted by Crippen LogP contribution is -2.35. The fourth-order valence-electron chi connectivity index (χ4n) is 2.38. The average molecular weight is 276 g/mol. The SMILES string of the molecule is O=C(Nc1ccc(Cl)c2ncccc12)C1CCCN1. The van der Waals surface area contributed by atoms with Gasteiger partial charge in [-0.1, -0.05) is 11.6 Å². The lowest BCUT2D eigenvalue weighted by atomic mass is 10.1. The molecule has 0 spiro atoms. The summed E-state index contributed by atoms with van der Waals surface area (Å²) in [6.07, 6.45) is 3.62. The van der Waals surface area contributed by atoms with Crippen LogP contribution in [0.3, 0.4) is 0 Å². The number of carbonyl (C=O) groups is 1. The molecule has 0 saturated carbocycles. The van der Waals surface area contributed by atoms with Crippen molar-refractivity contribution in [3.63, 3.8) is 0 Å². The number of benzene rings is 1. The molecular weight excluding hydrogens is 262 g/mol. The third-order valence-electron chi connectivity index (χ3n) is 3.36. The summed E-state index contributed by atoms with van der Waals surface area (Å²) in [4.78, 5) is 16.4. The van der Waals surface area contributed by atoms with E-state index in [9.17, 15) is 4.79 Å². The monoisotopic (exact) mass is 275 g/mol. The summed E-state index contributed by atoms with van der Waals surface area (Å²) >= 11 is 6.11. The van der Waals surface area contributed by atoms with Gasteiger partial charge >= 0.3 is 0 Å². The molecule has 98 valence electrons. The maximum atomic E-state index is 12.1. The zero-order valence-electron chi connectivity index (χ0n) is 10.3. The highest BCUT2D eigenvalue weighted by Gasteiger charge is 2.22. The van der Waals surface area contributed by atoms with Crippen LogP contribution >= 0.6 is 11.6 Å². The average Bonchev–Trinajstić information content (AvgIpc) is 2.96. The molecule has 3 rings (SSSR count). The first-order valence-electron chi connectivity index (χ1n) is 6.33. The maximum absolute atomic E-state index is 12.1. The van der Waals surface area contributed by atoms with E-state index in [0.29, 0.717) is 10.5 Å². The molecule has 1 fully saturated rings. The molecule has 1 aromatic carbocycles. The van der Waals surface area contributed by atoms with Gasteiger partial charge in [-0.25, -0.2) is 0 Å². The second-order valence-corrected chi connectivity index (χ2v) is 5.04. The summed E-state index contributed by atoms with van der Waals surface area (Å²) in [6, 6.07) is 7.23. The van der Waals surface area contributed by atoms with E-state index >= 15 is 0 Å². The molecule has 19 heavy (non-hydrogen) atoms. The molecule has 2 aromatic rings. The number of carbonyl (C=O) groups excluding carboxylic acids is 1. The molecule has 4 nitrogen and oxygen atoms in total. The van der Waals surface area contributed by atoms with E-state index in [2.05, 4.69) is 15.6 Å². The van der Waals surface area contributed by atoms with Gasteiger partial charge in [-0.05, 0) is 43.7 Å². The van der Waals surface area contributed by atoms with Gasteiger partial charge in [0.15, 0.2) is 0 Å². The normalized spacial score (nSPS) is 18.7. The minimum atomic E-state index is -0.0950. The van der Waals surface area contributed by atoms with Crippen LogP contribution in [0.4, 0.5) is 5.69 Å². The fourth-order valence-corrected chi connectivity index (χ4v) is 2.59. The Bertz CT molecular complexity index is 623. The molecule has 1 aliphatic heterocycles. The maximum Gasteiger partial charge on any atom is 0.241 e. The first-order chi connectivity index (χ1) is 9.25. The highest BCUT2D eigenvalue weighted by Crippen LogP contribution is 2.28. The van der Waals surface area contributed by atoms with Gasteiger partial charge in [0, 0.05) is 11.6 Å². The Morgan fingerprint density at radius 3 is 3.11 bits per heavy atom. The van der Waals surface area contributed by atoms with E-state index in [1.54, 1.807) is 12.3 Å². The van der Waals surface area contributed by atoms with Crippen molar-refractivity contribution < 1.29 is 4.79 Å². The van der Waals surface area contributed by atoms with Gasteiger partial charge in [0.1, 0.15) is 0 Å². The van der Waals surface area contributed by atoms with E-state index in [1.165, 1.54) is 0 Å². The number of halogens is 1. The number of rotatable bonds is 2. The molecule has 1 saturated heterocycles. The quantitative estimate of drug-likeness (QED) is 0.886. The smallest absolute Gasteiger partial charge is 0.241 e. The lowest BCUT2D eigenvalue weighted by Gasteiger charge is -2.13. The molecule has 0 bridgehead atoms. The first kappa shape index (κ1) is 12.4. The summed E-state index contributed by atoms with van der Waals surface area (Å²) in [7, 11) is 0. The number of nitrogens with zero attached hydrogens (tertiary/aromatic N) is 1. The van der Waals surface area contributed by atoms with E-state index < -0.39 is 0 Å². The third kappa shape index (κ3) is 2.41. The predicted molar refractivity (Wildman–Crippen MR) is 76.4 cm³/mol. The number of hydrogen-bond acceptors (Lipinski definition) is 3. The minimum absolute atomic E-state index is 0.00461. The number of anilines is 1. The molecule has 5 heteroatoms. The van der Waals surface area contributed by atoms with Gasteiger partial charge in [-0.2, -0.15) is 0 Å². The van der Waals surface area contributed by atoms with E-state index in [-0.39, 0.29) is 11.9 Å². The molecule has 0 radical (unpaired) electrons. The predicted octanol–water partition coefficient (Wildman–Crippen LogP) is 2.58. The zero-order valence-corrected chi connectivity index (χ0v) is 11.1. The van der Waals surface area contributed by atoms with E-state index in [1.807, 2.05) is 18.2 Å². The van der Waals surface area contributed by atoms with Gasteiger partial charge in [-0.3, -0.25) is 9.78 Å². The number of fused-ring (bicyclic) bond motifs is 1. The first-order valence-corrected chi connectivity index (χ1v) is 6.71. The lowest BCUT2D eigenvalue weighted by molar-refractivity contribution is -0.117. The topological polar surface area (TPSA) is 54.0 Å². The van der Waals surface area contributed by atoms with Crippen LogP contribution in [-0.2, 0) is 4.79 Å². The van der Waals surface area contributed by atoms with Crippen LogP contribution in [0.15, 0.2) is 30.5 Å². The van der Waals surface area contributed by atoms with Crippen molar-refractivity contribution >= 4 is 34.1 Å². The molecule has 2 heterocycles. The van der Waals surface area contributed by atoms with Crippen molar-refractivity contribution in [1.82, 2.24) is 10.3 Å². The van der Waals surface area contributed by atoms with Gasteiger partial charge < -0.3 is 10.6 Å². The Labute approximate surface area is 116 Å². The minimum Gasteiger partial charge on any atom is -0.324 e. The molecule has 1 aromatic heterocycles. The largest absolute Gasteiger partial charge is 0.324 e. The summed E-state index contributed by atoms with van der Waals surface area (Å²) < 4.78 is 0.